The number of fused-ring (bicyclic) bond motifs is 1. The summed E-state index contributed by atoms with van der Waals surface area (Å²) in [7, 11) is 0. The van der Waals surface area contributed by atoms with E-state index in [-0.39, 0.29) is 30.7 Å². The number of aromatic nitrogens is 2. The second-order valence-corrected chi connectivity index (χ2v) is 5.61. The number of benzene rings is 2. The van der Waals surface area contributed by atoms with Gasteiger partial charge in [-0.2, -0.15) is 5.10 Å². The highest BCUT2D eigenvalue weighted by Crippen LogP contribution is 2.16. The molecule has 1 amide bonds. The van der Waals surface area contributed by atoms with Crippen LogP contribution in [0, 0.1) is 5.82 Å². The minimum Gasteiger partial charge on any atom is -0.488 e. The molecule has 0 radical (unpaired) electrons. The lowest BCUT2D eigenvalue weighted by Crippen LogP contribution is -2.37. The van der Waals surface area contributed by atoms with Crippen LogP contribution in [-0.2, 0) is 11.2 Å². The summed E-state index contributed by atoms with van der Waals surface area (Å²) in [6.07, 6.45) is 0.199. The lowest BCUT2D eigenvalue weighted by atomic mass is 10.1. The summed E-state index contributed by atoms with van der Waals surface area (Å²) in [5.41, 5.74) is 1.60. The van der Waals surface area contributed by atoms with Crippen LogP contribution in [0.1, 0.15) is 12.6 Å². The number of carbonyl (C=O) groups excluding carboxylic acids is 1. The number of ether oxygens (including phenoxy) is 1. The van der Waals surface area contributed by atoms with Gasteiger partial charge in [0.05, 0.1) is 23.7 Å². The van der Waals surface area contributed by atoms with Crippen LogP contribution in [0.2, 0.25) is 0 Å². The largest absolute Gasteiger partial charge is 0.488 e. The molecule has 3 rings (SSSR count). The van der Waals surface area contributed by atoms with Gasteiger partial charge in [0.15, 0.2) is 11.6 Å². The summed E-state index contributed by atoms with van der Waals surface area (Å²) < 4.78 is 18.9. The summed E-state index contributed by atoms with van der Waals surface area (Å²) >= 11 is 0. The van der Waals surface area contributed by atoms with E-state index in [4.69, 9.17) is 4.74 Å². The molecule has 0 aliphatic heterocycles. The summed E-state index contributed by atoms with van der Waals surface area (Å²) in [5.74, 6) is -0.382. The first-order valence-electron chi connectivity index (χ1n) is 7.72. The van der Waals surface area contributed by atoms with Crippen LogP contribution in [0.4, 0.5) is 4.39 Å². The molecule has 1 aromatic heterocycles. The quantitative estimate of drug-likeness (QED) is 0.731. The molecule has 124 valence electrons. The number of rotatable bonds is 6. The van der Waals surface area contributed by atoms with Gasteiger partial charge in [-0.25, -0.2) is 4.39 Å². The average Bonchev–Trinajstić information content (AvgIpc) is 2.97. The average molecular weight is 327 g/mol. The number of nitrogens with zero attached hydrogens (tertiary/aromatic N) is 1. The van der Waals surface area contributed by atoms with Gasteiger partial charge in [0.2, 0.25) is 5.91 Å². The second-order valence-electron chi connectivity index (χ2n) is 5.61. The Kier molecular flexibility index (Phi) is 4.74. The Hall–Kier alpha value is -2.89. The van der Waals surface area contributed by atoms with Crippen molar-refractivity contribution in [3.8, 4) is 5.75 Å². The molecular weight excluding hydrogens is 309 g/mol. The van der Waals surface area contributed by atoms with Crippen molar-refractivity contribution in [3.63, 3.8) is 0 Å². The van der Waals surface area contributed by atoms with E-state index in [1.807, 2.05) is 31.2 Å². The Labute approximate surface area is 138 Å². The van der Waals surface area contributed by atoms with Crippen molar-refractivity contribution in [1.29, 1.82) is 0 Å². The number of halogens is 1. The molecule has 1 heterocycles. The number of carbonyl (C=O) groups is 1. The van der Waals surface area contributed by atoms with Gasteiger partial charge in [0, 0.05) is 5.39 Å². The zero-order valence-electron chi connectivity index (χ0n) is 13.3. The smallest absolute Gasteiger partial charge is 0.226 e. The molecule has 1 unspecified atom stereocenters. The molecule has 0 saturated carbocycles. The molecule has 24 heavy (non-hydrogen) atoms. The van der Waals surface area contributed by atoms with Crippen LogP contribution in [0.5, 0.6) is 5.75 Å². The normalized spacial score (nSPS) is 12.1. The molecule has 2 aromatic carbocycles. The molecule has 0 saturated heterocycles. The van der Waals surface area contributed by atoms with Crippen LogP contribution in [0.25, 0.3) is 10.9 Å². The first-order valence-corrected chi connectivity index (χ1v) is 7.72. The van der Waals surface area contributed by atoms with Gasteiger partial charge in [-0.15, -0.1) is 0 Å². The third-order valence-electron chi connectivity index (χ3n) is 3.61. The first kappa shape index (κ1) is 16.0. The fourth-order valence-corrected chi connectivity index (χ4v) is 2.45. The van der Waals surface area contributed by atoms with Crippen molar-refractivity contribution in [1.82, 2.24) is 15.5 Å². The highest BCUT2D eigenvalue weighted by molar-refractivity contribution is 5.87. The molecule has 1 atom stereocenters. The fraction of sp³-hybridized carbons (Fsp3) is 0.222. The van der Waals surface area contributed by atoms with Gasteiger partial charge in [0.1, 0.15) is 6.61 Å². The van der Waals surface area contributed by atoms with E-state index in [2.05, 4.69) is 15.5 Å². The van der Waals surface area contributed by atoms with Gasteiger partial charge in [-0.3, -0.25) is 9.89 Å². The lowest BCUT2D eigenvalue weighted by molar-refractivity contribution is -0.121. The summed E-state index contributed by atoms with van der Waals surface area (Å²) in [6, 6.07) is 13.6. The van der Waals surface area contributed by atoms with E-state index < -0.39 is 5.82 Å². The van der Waals surface area contributed by atoms with Crippen molar-refractivity contribution >= 4 is 16.8 Å². The van der Waals surface area contributed by atoms with E-state index in [0.717, 1.165) is 16.6 Å². The number of amides is 1. The highest BCUT2D eigenvalue weighted by Gasteiger charge is 2.13. The lowest BCUT2D eigenvalue weighted by Gasteiger charge is -2.15. The Morgan fingerprint density at radius 3 is 2.83 bits per heavy atom. The summed E-state index contributed by atoms with van der Waals surface area (Å²) in [6.45, 7) is 2.00. The van der Waals surface area contributed by atoms with E-state index in [0.29, 0.717) is 0 Å². The van der Waals surface area contributed by atoms with Crippen molar-refractivity contribution in [2.24, 2.45) is 0 Å². The summed E-state index contributed by atoms with van der Waals surface area (Å²) in [5, 5.41) is 10.8. The van der Waals surface area contributed by atoms with Crippen molar-refractivity contribution in [3.05, 3.63) is 60.0 Å². The molecule has 6 heteroatoms. The number of hydrogen-bond acceptors (Lipinski definition) is 3. The van der Waals surface area contributed by atoms with Gasteiger partial charge in [0.25, 0.3) is 0 Å². The van der Waals surface area contributed by atoms with Crippen molar-refractivity contribution < 1.29 is 13.9 Å². The number of nitrogens with one attached hydrogen (secondary N) is 2. The highest BCUT2D eigenvalue weighted by atomic mass is 19.1. The van der Waals surface area contributed by atoms with Crippen molar-refractivity contribution in [2.45, 2.75) is 19.4 Å². The zero-order valence-corrected chi connectivity index (χ0v) is 13.3. The van der Waals surface area contributed by atoms with Crippen LogP contribution >= 0.6 is 0 Å². The number of aromatic amines is 1. The monoisotopic (exact) mass is 327 g/mol. The molecule has 0 bridgehead atoms. The SMILES string of the molecule is CC(COc1ccccc1F)NC(=O)Cc1[nH]nc2ccccc12. The maximum Gasteiger partial charge on any atom is 0.226 e. The van der Waals surface area contributed by atoms with Crippen LogP contribution < -0.4 is 10.1 Å². The standard InChI is InChI=1S/C18H18FN3O2/c1-12(11-24-17-9-5-3-7-14(17)19)20-18(23)10-16-13-6-2-4-8-15(13)21-22-16/h2-9,12H,10-11H2,1H3,(H,20,23)(H,21,22). The van der Waals surface area contributed by atoms with Crippen LogP contribution in [-0.4, -0.2) is 28.8 Å². The molecule has 0 aliphatic rings. The van der Waals surface area contributed by atoms with Gasteiger partial charge in [-0.1, -0.05) is 30.3 Å². The fourth-order valence-electron chi connectivity index (χ4n) is 2.45. The van der Waals surface area contributed by atoms with Crippen molar-refractivity contribution in [2.75, 3.05) is 6.61 Å². The Bertz CT molecular complexity index is 847. The predicted octanol–water partition coefficient (Wildman–Crippen LogP) is 2.83. The van der Waals surface area contributed by atoms with E-state index >= 15 is 0 Å². The number of H-pyrrole nitrogens is 1. The molecular formula is C18H18FN3O2. The molecule has 0 spiro atoms. The molecule has 2 N–H and O–H groups in total. The molecule has 5 nitrogen and oxygen atoms in total. The van der Waals surface area contributed by atoms with E-state index in [1.54, 1.807) is 18.2 Å². The summed E-state index contributed by atoms with van der Waals surface area (Å²) in [4.78, 5) is 12.2. The van der Waals surface area contributed by atoms with E-state index in [1.165, 1.54) is 6.07 Å². The number of para-hydroxylation sites is 2. The van der Waals surface area contributed by atoms with Gasteiger partial charge >= 0.3 is 0 Å². The molecule has 0 fully saturated rings. The minimum atomic E-state index is -0.417. The Balaban J connectivity index is 1.54. The third-order valence-corrected chi connectivity index (χ3v) is 3.61. The molecule has 0 aliphatic carbocycles. The topological polar surface area (TPSA) is 67.0 Å². The maximum atomic E-state index is 13.5. The second kappa shape index (κ2) is 7.12. The minimum absolute atomic E-state index is 0.144. The Morgan fingerprint density at radius 2 is 2.00 bits per heavy atom. The van der Waals surface area contributed by atoms with E-state index in [9.17, 15) is 9.18 Å². The third kappa shape index (κ3) is 3.71. The van der Waals surface area contributed by atoms with Crippen LogP contribution in [0.3, 0.4) is 0 Å². The molecule has 3 aromatic rings. The predicted molar refractivity (Wildman–Crippen MR) is 89.3 cm³/mol. The van der Waals surface area contributed by atoms with Crippen LogP contribution in [0.15, 0.2) is 48.5 Å². The Morgan fingerprint density at radius 1 is 1.25 bits per heavy atom. The van der Waals surface area contributed by atoms with Gasteiger partial charge in [-0.05, 0) is 25.1 Å². The zero-order chi connectivity index (χ0) is 16.9. The number of hydrogen-bond donors (Lipinski definition) is 2. The first-order chi connectivity index (χ1) is 11.6. The maximum absolute atomic E-state index is 13.5. The van der Waals surface area contributed by atoms with Gasteiger partial charge < -0.3 is 10.1 Å².